The number of anilines is 2. The minimum absolute atomic E-state index is 0.227. The molecule has 0 spiro atoms. The maximum absolute atomic E-state index is 12.7. The number of rotatable bonds is 3. The molecule has 0 bridgehead atoms. The third-order valence-electron chi connectivity index (χ3n) is 4.25. The Labute approximate surface area is 169 Å². The highest BCUT2D eigenvalue weighted by atomic mass is 79.9. The number of pyridine rings is 1. The van der Waals surface area contributed by atoms with Crippen LogP contribution in [-0.4, -0.2) is 10.9 Å². The summed E-state index contributed by atoms with van der Waals surface area (Å²) < 4.78 is 0.953. The first-order chi connectivity index (χ1) is 13.0. The molecule has 2 aromatic heterocycles. The molecule has 3 N–H and O–H groups in total. The molecule has 2 aromatic carbocycles. The lowest BCUT2D eigenvalue weighted by Gasteiger charge is -2.04. The minimum Gasteiger partial charge on any atom is -0.397 e. The van der Waals surface area contributed by atoms with Crippen molar-refractivity contribution in [3.05, 3.63) is 75.6 Å². The maximum Gasteiger partial charge on any atom is 0.267 e. The van der Waals surface area contributed by atoms with Crippen LogP contribution in [-0.2, 0) is 0 Å². The number of hydrogen-bond acceptors (Lipinski definition) is 4. The molecular weight excluding hydrogens is 422 g/mol. The summed E-state index contributed by atoms with van der Waals surface area (Å²) >= 11 is 4.69. The number of amides is 1. The Morgan fingerprint density at radius 3 is 2.44 bits per heavy atom. The highest BCUT2D eigenvalue weighted by Gasteiger charge is 2.18. The molecule has 2 heterocycles. The van der Waals surface area contributed by atoms with Crippen LogP contribution in [0.3, 0.4) is 0 Å². The van der Waals surface area contributed by atoms with Crippen LogP contribution in [0.1, 0.15) is 15.2 Å². The molecule has 6 heteroatoms. The van der Waals surface area contributed by atoms with Gasteiger partial charge in [0, 0.05) is 21.1 Å². The van der Waals surface area contributed by atoms with E-state index in [2.05, 4.69) is 40.3 Å². The summed E-state index contributed by atoms with van der Waals surface area (Å²) in [5.74, 6) is -0.227. The Balaban J connectivity index is 1.67. The van der Waals surface area contributed by atoms with Gasteiger partial charge in [0.25, 0.3) is 5.91 Å². The molecule has 134 valence electrons. The van der Waals surface area contributed by atoms with Gasteiger partial charge in [-0.15, -0.1) is 11.3 Å². The number of thiophene rings is 1. The van der Waals surface area contributed by atoms with Gasteiger partial charge in [-0.3, -0.25) is 4.79 Å². The van der Waals surface area contributed by atoms with Crippen LogP contribution in [0.25, 0.3) is 21.5 Å². The second-order valence-electron chi connectivity index (χ2n) is 6.22. The Hall–Kier alpha value is -2.70. The van der Waals surface area contributed by atoms with Crippen LogP contribution in [0.5, 0.6) is 0 Å². The molecule has 0 saturated heterocycles. The predicted octanol–water partition coefficient (Wildman–Crippen LogP) is 5.87. The number of carbonyl (C=O) groups excluding carboxylic acids is 1. The van der Waals surface area contributed by atoms with Gasteiger partial charge in [0.15, 0.2) is 0 Å². The lowest BCUT2D eigenvalue weighted by Crippen LogP contribution is -2.11. The summed E-state index contributed by atoms with van der Waals surface area (Å²) in [5, 5.41) is 3.69. The largest absolute Gasteiger partial charge is 0.397 e. The van der Waals surface area contributed by atoms with Crippen LogP contribution in [0.2, 0.25) is 0 Å². The monoisotopic (exact) mass is 437 g/mol. The van der Waals surface area contributed by atoms with E-state index in [-0.39, 0.29) is 5.91 Å². The first-order valence-electron chi connectivity index (χ1n) is 8.34. The van der Waals surface area contributed by atoms with Crippen molar-refractivity contribution in [2.75, 3.05) is 11.1 Å². The third kappa shape index (κ3) is 3.59. The summed E-state index contributed by atoms with van der Waals surface area (Å²) in [6.07, 6.45) is 0. The van der Waals surface area contributed by atoms with Crippen LogP contribution in [0.4, 0.5) is 11.4 Å². The number of halogens is 1. The average molecular weight is 438 g/mol. The van der Waals surface area contributed by atoms with Crippen molar-refractivity contribution in [1.29, 1.82) is 0 Å². The molecule has 0 atom stereocenters. The molecular formula is C21H16BrN3OS. The van der Waals surface area contributed by atoms with E-state index in [0.717, 1.165) is 25.9 Å². The molecule has 4 aromatic rings. The van der Waals surface area contributed by atoms with Gasteiger partial charge in [0.05, 0.1) is 11.4 Å². The van der Waals surface area contributed by atoms with E-state index in [1.54, 1.807) is 0 Å². The Morgan fingerprint density at radius 2 is 1.74 bits per heavy atom. The second kappa shape index (κ2) is 7.13. The van der Waals surface area contributed by atoms with Gasteiger partial charge in [0.2, 0.25) is 0 Å². The number of aromatic nitrogens is 1. The maximum atomic E-state index is 12.7. The Bertz CT molecular complexity index is 1130. The first-order valence-corrected chi connectivity index (χ1v) is 9.95. The van der Waals surface area contributed by atoms with Gasteiger partial charge in [-0.25, -0.2) is 4.98 Å². The van der Waals surface area contributed by atoms with E-state index in [4.69, 9.17) is 10.7 Å². The van der Waals surface area contributed by atoms with Crippen LogP contribution in [0.15, 0.2) is 65.1 Å². The summed E-state index contributed by atoms with van der Waals surface area (Å²) in [7, 11) is 0. The van der Waals surface area contributed by atoms with E-state index in [9.17, 15) is 4.79 Å². The number of nitrogens with one attached hydrogen (secondary N) is 1. The van der Waals surface area contributed by atoms with E-state index in [1.807, 2.05) is 48.5 Å². The zero-order valence-corrected chi connectivity index (χ0v) is 16.9. The SMILES string of the molecule is Cc1ccc(-c2ccc3c(N)c(C(=O)Nc4ccc(Br)cc4)sc3n2)cc1. The van der Waals surface area contributed by atoms with Crippen molar-refractivity contribution in [3.63, 3.8) is 0 Å². The van der Waals surface area contributed by atoms with E-state index in [0.29, 0.717) is 16.3 Å². The highest BCUT2D eigenvalue weighted by molar-refractivity contribution is 9.10. The minimum atomic E-state index is -0.227. The summed E-state index contributed by atoms with van der Waals surface area (Å²) in [6, 6.07) is 19.5. The molecule has 27 heavy (non-hydrogen) atoms. The fourth-order valence-corrected chi connectivity index (χ4v) is 4.03. The molecule has 1 amide bonds. The molecule has 0 radical (unpaired) electrons. The van der Waals surface area contributed by atoms with Crippen molar-refractivity contribution >= 4 is 54.8 Å². The molecule has 4 nitrogen and oxygen atoms in total. The normalized spacial score (nSPS) is 10.9. The quantitative estimate of drug-likeness (QED) is 0.421. The van der Waals surface area contributed by atoms with E-state index < -0.39 is 0 Å². The molecule has 0 aliphatic heterocycles. The number of fused-ring (bicyclic) bond motifs is 1. The van der Waals surface area contributed by atoms with Crippen LogP contribution < -0.4 is 11.1 Å². The molecule has 0 fully saturated rings. The zero-order chi connectivity index (χ0) is 19.0. The second-order valence-corrected chi connectivity index (χ2v) is 8.14. The van der Waals surface area contributed by atoms with Crippen molar-refractivity contribution < 1.29 is 4.79 Å². The average Bonchev–Trinajstić information content (AvgIpc) is 3.00. The molecule has 0 aliphatic rings. The number of nitrogens with two attached hydrogens (primary N) is 1. The lowest BCUT2D eigenvalue weighted by molar-refractivity contribution is 0.103. The smallest absolute Gasteiger partial charge is 0.267 e. The van der Waals surface area contributed by atoms with Gasteiger partial charge in [-0.1, -0.05) is 45.8 Å². The third-order valence-corrected chi connectivity index (χ3v) is 5.89. The van der Waals surface area contributed by atoms with Crippen molar-refractivity contribution in [1.82, 2.24) is 4.98 Å². The summed E-state index contributed by atoms with van der Waals surface area (Å²) in [5.41, 5.74) is 10.5. The van der Waals surface area contributed by atoms with E-state index >= 15 is 0 Å². The highest BCUT2D eigenvalue weighted by Crippen LogP contribution is 2.34. The standard InChI is InChI=1S/C21H16BrN3OS/c1-12-2-4-13(5-3-12)17-11-10-16-18(23)19(27-21(16)25-17)20(26)24-15-8-6-14(22)7-9-15/h2-11H,23H2,1H3,(H,24,26). The Morgan fingerprint density at radius 1 is 1.04 bits per heavy atom. The molecule has 0 aliphatic carbocycles. The zero-order valence-electron chi connectivity index (χ0n) is 14.5. The van der Waals surface area contributed by atoms with Gasteiger partial charge in [0.1, 0.15) is 9.71 Å². The first kappa shape index (κ1) is 17.7. The number of benzene rings is 2. The number of hydrogen-bond donors (Lipinski definition) is 2. The summed E-state index contributed by atoms with van der Waals surface area (Å²) in [6.45, 7) is 2.05. The van der Waals surface area contributed by atoms with Crippen LogP contribution in [0, 0.1) is 6.92 Å². The lowest BCUT2D eigenvalue weighted by atomic mass is 10.1. The number of nitrogen functional groups attached to an aromatic ring is 1. The summed E-state index contributed by atoms with van der Waals surface area (Å²) in [4.78, 5) is 18.6. The predicted molar refractivity (Wildman–Crippen MR) is 116 cm³/mol. The van der Waals surface area contributed by atoms with Gasteiger partial charge in [-0.2, -0.15) is 0 Å². The van der Waals surface area contributed by atoms with Crippen LogP contribution >= 0.6 is 27.3 Å². The fourth-order valence-electron chi connectivity index (χ4n) is 2.77. The van der Waals surface area contributed by atoms with E-state index in [1.165, 1.54) is 16.9 Å². The number of nitrogens with zero attached hydrogens (tertiary/aromatic N) is 1. The van der Waals surface area contributed by atoms with Crippen molar-refractivity contribution in [2.24, 2.45) is 0 Å². The topological polar surface area (TPSA) is 68.0 Å². The number of aryl methyl sites for hydroxylation is 1. The Kier molecular flexibility index (Phi) is 4.68. The van der Waals surface area contributed by atoms with Gasteiger partial charge in [-0.05, 0) is 43.3 Å². The van der Waals surface area contributed by atoms with Crippen molar-refractivity contribution in [2.45, 2.75) is 6.92 Å². The molecule has 0 saturated carbocycles. The van der Waals surface area contributed by atoms with Gasteiger partial charge < -0.3 is 11.1 Å². The van der Waals surface area contributed by atoms with Crippen molar-refractivity contribution in [3.8, 4) is 11.3 Å². The molecule has 0 unspecified atom stereocenters. The molecule has 4 rings (SSSR count). The van der Waals surface area contributed by atoms with Gasteiger partial charge >= 0.3 is 0 Å². The fraction of sp³-hybridized carbons (Fsp3) is 0.0476. The number of carbonyl (C=O) groups is 1.